The van der Waals surface area contributed by atoms with Crippen LogP contribution in [0.15, 0.2) is 36.4 Å². The Morgan fingerprint density at radius 1 is 1.15 bits per heavy atom. The van der Waals surface area contributed by atoms with Crippen LogP contribution >= 0.6 is 11.6 Å². The van der Waals surface area contributed by atoms with Crippen molar-refractivity contribution in [2.45, 2.75) is 6.54 Å². The van der Waals surface area contributed by atoms with Gasteiger partial charge in [0.15, 0.2) is 11.5 Å². The predicted octanol–water partition coefficient (Wildman–Crippen LogP) is 4.11. The van der Waals surface area contributed by atoms with Crippen LogP contribution in [0.25, 0.3) is 0 Å². The second-order valence-corrected chi connectivity index (χ2v) is 4.54. The predicted molar refractivity (Wildman–Crippen MR) is 78.3 cm³/mol. The van der Waals surface area contributed by atoms with Gasteiger partial charge < -0.3 is 14.8 Å². The lowest BCUT2D eigenvalue weighted by atomic mass is 10.1. The SMILES string of the molecule is COc1cccc(CNc2ccc(F)cc2Cl)c1OC. The van der Waals surface area contributed by atoms with E-state index in [0.717, 1.165) is 5.56 Å². The number of methoxy groups -OCH3 is 2. The highest BCUT2D eigenvalue weighted by Gasteiger charge is 2.10. The Labute approximate surface area is 122 Å². The average Bonchev–Trinajstić information content (AvgIpc) is 2.45. The van der Waals surface area contributed by atoms with Gasteiger partial charge in [-0.05, 0) is 24.3 Å². The summed E-state index contributed by atoms with van der Waals surface area (Å²) in [6.45, 7) is 0.492. The number of hydrogen-bond donors (Lipinski definition) is 1. The van der Waals surface area contributed by atoms with Crippen molar-refractivity contribution in [2.75, 3.05) is 19.5 Å². The normalized spacial score (nSPS) is 10.2. The number of ether oxygens (including phenoxy) is 2. The first kappa shape index (κ1) is 14.5. The van der Waals surface area contributed by atoms with E-state index in [2.05, 4.69) is 5.32 Å². The van der Waals surface area contributed by atoms with Gasteiger partial charge >= 0.3 is 0 Å². The standard InChI is InChI=1S/C15H15ClFNO2/c1-19-14-5-3-4-10(15(14)20-2)9-18-13-7-6-11(17)8-12(13)16/h3-8,18H,9H2,1-2H3. The molecule has 20 heavy (non-hydrogen) atoms. The molecule has 106 valence electrons. The molecule has 0 radical (unpaired) electrons. The largest absolute Gasteiger partial charge is 0.493 e. The Morgan fingerprint density at radius 3 is 2.60 bits per heavy atom. The first-order valence-corrected chi connectivity index (χ1v) is 6.42. The molecule has 0 bridgehead atoms. The van der Waals surface area contributed by atoms with Crippen LogP contribution in [-0.4, -0.2) is 14.2 Å². The molecule has 0 aliphatic carbocycles. The molecule has 3 nitrogen and oxygen atoms in total. The lowest BCUT2D eigenvalue weighted by Crippen LogP contribution is -2.03. The molecule has 1 N–H and O–H groups in total. The highest BCUT2D eigenvalue weighted by molar-refractivity contribution is 6.33. The van der Waals surface area contributed by atoms with Crippen molar-refractivity contribution in [1.29, 1.82) is 0 Å². The highest BCUT2D eigenvalue weighted by Crippen LogP contribution is 2.31. The van der Waals surface area contributed by atoms with Crippen LogP contribution in [0.3, 0.4) is 0 Å². The summed E-state index contributed by atoms with van der Waals surface area (Å²) in [5.41, 5.74) is 1.59. The molecule has 2 aromatic carbocycles. The zero-order valence-electron chi connectivity index (χ0n) is 11.2. The molecule has 0 amide bonds. The minimum absolute atomic E-state index is 0.340. The smallest absolute Gasteiger partial charge is 0.165 e. The second-order valence-electron chi connectivity index (χ2n) is 4.13. The molecule has 5 heteroatoms. The van der Waals surface area contributed by atoms with Crippen molar-refractivity contribution in [3.05, 3.63) is 52.8 Å². The molecular formula is C15H15ClFNO2. The maximum atomic E-state index is 13.0. The molecule has 0 aromatic heterocycles. The van der Waals surface area contributed by atoms with Gasteiger partial charge in [0.2, 0.25) is 0 Å². The van der Waals surface area contributed by atoms with E-state index in [9.17, 15) is 4.39 Å². The van der Waals surface area contributed by atoms with E-state index in [4.69, 9.17) is 21.1 Å². The fraction of sp³-hybridized carbons (Fsp3) is 0.200. The maximum Gasteiger partial charge on any atom is 0.165 e. The summed E-state index contributed by atoms with van der Waals surface area (Å²) in [4.78, 5) is 0. The van der Waals surface area contributed by atoms with Crippen molar-refractivity contribution in [3.63, 3.8) is 0 Å². The van der Waals surface area contributed by atoms with Gasteiger partial charge in [-0.25, -0.2) is 4.39 Å². The highest BCUT2D eigenvalue weighted by atomic mass is 35.5. The maximum absolute atomic E-state index is 13.0. The van der Waals surface area contributed by atoms with Gasteiger partial charge in [-0.3, -0.25) is 0 Å². The minimum Gasteiger partial charge on any atom is -0.493 e. The number of rotatable bonds is 5. The molecule has 0 heterocycles. The van der Waals surface area contributed by atoms with E-state index in [0.29, 0.717) is 28.8 Å². The van der Waals surface area contributed by atoms with Gasteiger partial charge in [0.25, 0.3) is 0 Å². The van der Waals surface area contributed by atoms with E-state index in [-0.39, 0.29) is 5.82 Å². The summed E-state index contributed by atoms with van der Waals surface area (Å²) in [7, 11) is 3.18. The number of hydrogen-bond acceptors (Lipinski definition) is 3. The first-order valence-electron chi connectivity index (χ1n) is 6.04. The summed E-state index contributed by atoms with van der Waals surface area (Å²) >= 11 is 5.97. The van der Waals surface area contributed by atoms with Crippen LogP contribution in [-0.2, 0) is 6.54 Å². The number of anilines is 1. The van der Waals surface area contributed by atoms with Crippen molar-refractivity contribution >= 4 is 17.3 Å². The number of halogens is 2. The van der Waals surface area contributed by atoms with Crippen molar-refractivity contribution in [3.8, 4) is 11.5 Å². The fourth-order valence-electron chi connectivity index (χ4n) is 1.92. The molecular weight excluding hydrogens is 281 g/mol. The lowest BCUT2D eigenvalue weighted by molar-refractivity contribution is 0.352. The number of nitrogens with one attached hydrogen (secondary N) is 1. The molecule has 0 spiro atoms. The average molecular weight is 296 g/mol. The van der Waals surface area contributed by atoms with Gasteiger partial charge in [0.1, 0.15) is 5.82 Å². The van der Waals surface area contributed by atoms with E-state index in [1.165, 1.54) is 12.1 Å². The Hall–Kier alpha value is -1.94. The summed E-state index contributed by atoms with van der Waals surface area (Å²) in [6, 6.07) is 9.86. The summed E-state index contributed by atoms with van der Waals surface area (Å²) in [5.74, 6) is 0.970. The van der Waals surface area contributed by atoms with Crippen LogP contribution in [0.5, 0.6) is 11.5 Å². The molecule has 0 aliphatic rings. The lowest BCUT2D eigenvalue weighted by Gasteiger charge is -2.14. The van der Waals surface area contributed by atoms with E-state index in [1.807, 2.05) is 18.2 Å². The topological polar surface area (TPSA) is 30.5 Å². The Kier molecular flexibility index (Phi) is 4.69. The van der Waals surface area contributed by atoms with Gasteiger partial charge in [-0.15, -0.1) is 0 Å². The molecule has 0 unspecified atom stereocenters. The van der Waals surface area contributed by atoms with E-state index < -0.39 is 0 Å². The van der Waals surface area contributed by atoms with Crippen LogP contribution in [0.1, 0.15) is 5.56 Å². The van der Waals surface area contributed by atoms with Crippen molar-refractivity contribution in [1.82, 2.24) is 0 Å². The van der Waals surface area contributed by atoms with Crippen LogP contribution in [0.2, 0.25) is 5.02 Å². The molecule has 0 fully saturated rings. The zero-order chi connectivity index (χ0) is 14.5. The minimum atomic E-state index is -0.362. The quantitative estimate of drug-likeness (QED) is 0.900. The van der Waals surface area contributed by atoms with Crippen LogP contribution < -0.4 is 14.8 Å². The monoisotopic (exact) mass is 295 g/mol. The number of benzene rings is 2. The van der Waals surface area contributed by atoms with E-state index in [1.54, 1.807) is 20.3 Å². The van der Waals surface area contributed by atoms with Gasteiger partial charge in [0, 0.05) is 12.1 Å². The van der Waals surface area contributed by atoms with Gasteiger partial charge in [-0.2, -0.15) is 0 Å². The van der Waals surface area contributed by atoms with Crippen molar-refractivity contribution < 1.29 is 13.9 Å². The van der Waals surface area contributed by atoms with Crippen LogP contribution in [0.4, 0.5) is 10.1 Å². The Bertz CT molecular complexity index is 604. The number of para-hydroxylation sites is 1. The molecule has 0 saturated carbocycles. The van der Waals surface area contributed by atoms with E-state index >= 15 is 0 Å². The third-order valence-corrected chi connectivity index (χ3v) is 3.20. The third kappa shape index (κ3) is 3.14. The first-order chi connectivity index (χ1) is 9.65. The molecule has 0 aliphatic heterocycles. The Balaban J connectivity index is 2.18. The molecule has 0 saturated heterocycles. The summed E-state index contributed by atoms with van der Waals surface area (Å²) in [6.07, 6.45) is 0. The summed E-state index contributed by atoms with van der Waals surface area (Å²) in [5, 5.41) is 3.49. The van der Waals surface area contributed by atoms with Crippen molar-refractivity contribution in [2.24, 2.45) is 0 Å². The summed E-state index contributed by atoms with van der Waals surface area (Å²) < 4.78 is 23.6. The third-order valence-electron chi connectivity index (χ3n) is 2.88. The van der Waals surface area contributed by atoms with Crippen LogP contribution in [0, 0.1) is 5.82 Å². The Morgan fingerprint density at radius 2 is 1.95 bits per heavy atom. The van der Waals surface area contributed by atoms with Gasteiger partial charge in [0.05, 0.1) is 24.9 Å². The molecule has 2 aromatic rings. The zero-order valence-corrected chi connectivity index (χ0v) is 12.0. The molecule has 2 rings (SSSR count). The van der Waals surface area contributed by atoms with Gasteiger partial charge in [-0.1, -0.05) is 23.7 Å². The fourth-order valence-corrected chi connectivity index (χ4v) is 2.15. The second kappa shape index (κ2) is 6.48. The molecule has 0 atom stereocenters.